The van der Waals surface area contributed by atoms with Gasteiger partial charge in [-0.3, -0.25) is 4.79 Å². The number of carbonyl (C=O) groups excluding carboxylic acids is 1. The third-order valence-electron chi connectivity index (χ3n) is 4.22. The van der Waals surface area contributed by atoms with Crippen LogP contribution in [0.5, 0.6) is 0 Å². The molecule has 1 heterocycles. The fourth-order valence-electron chi connectivity index (χ4n) is 2.87. The van der Waals surface area contributed by atoms with Crippen LogP contribution in [0, 0.1) is 13.8 Å². The molecule has 3 rings (SSSR count). The second kappa shape index (κ2) is 6.77. The Labute approximate surface area is 136 Å². The number of carbonyl (C=O) groups is 1. The van der Waals surface area contributed by atoms with Gasteiger partial charge in [0.1, 0.15) is 5.69 Å². The maximum absolute atomic E-state index is 12.3. The SMILES string of the molecule is Cc1ccc(C)c(Nc2nccc(C(=O)NC3CCCC3)n2)c1. The van der Waals surface area contributed by atoms with Gasteiger partial charge in [0.05, 0.1) is 0 Å². The highest BCUT2D eigenvalue weighted by Crippen LogP contribution is 2.20. The number of rotatable bonds is 4. The molecule has 5 nitrogen and oxygen atoms in total. The Morgan fingerprint density at radius 1 is 1.17 bits per heavy atom. The Morgan fingerprint density at radius 2 is 1.96 bits per heavy atom. The molecule has 1 aliphatic carbocycles. The molecule has 0 bridgehead atoms. The summed E-state index contributed by atoms with van der Waals surface area (Å²) in [5, 5.41) is 6.25. The van der Waals surface area contributed by atoms with E-state index in [0.29, 0.717) is 11.6 Å². The van der Waals surface area contributed by atoms with Crippen LogP contribution in [-0.2, 0) is 0 Å². The summed E-state index contributed by atoms with van der Waals surface area (Å²) in [6, 6.07) is 8.09. The fraction of sp³-hybridized carbons (Fsp3) is 0.389. The highest BCUT2D eigenvalue weighted by molar-refractivity contribution is 5.92. The number of anilines is 2. The Kier molecular flexibility index (Phi) is 4.55. The van der Waals surface area contributed by atoms with Crippen LogP contribution in [0.4, 0.5) is 11.6 Å². The molecule has 2 N–H and O–H groups in total. The van der Waals surface area contributed by atoms with Crippen molar-refractivity contribution in [1.29, 1.82) is 0 Å². The van der Waals surface area contributed by atoms with E-state index in [9.17, 15) is 4.79 Å². The van der Waals surface area contributed by atoms with Gasteiger partial charge >= 0.3 is 0 Å². The number of amides is 1. The van der Waals surface area contributed by atoms with Gasteiger partial charge in [0.2, 0.25) is 5.95 Å². The molecular weight excluding hydrogens is 288 g/mol. The average molecular weight is 310 g/mol. The molecule has 0 spiro atoms. The normalized spacial score (nSPS) is 14.7. The first-order valence-corrected chi connectivity index (χ1v) is 8.10. The van der Waals surface area contributed by atoms with Crippen LogP contribution in [0.1, 0.15) is 47.3 Å². The van der Waals surface area contributed by atoms with Crippen molar-refractivity contribution in [3.63, 3.8) is 0 Å². The third-order valence-corrected chi connectivity index (χ3v) is 4.22. The smallest absolute Gasteiger partial charge is 0.270 e. The topological polar surface area (TPSA) is 66.9 Å². The quantitative estimate of drug-likeness (QED) is 0.907. The van der Waals surface area contributed by atoms with Gasteiger partial charge in [-0.05, 0) is 49.9 Å². The number of hydrogen-bond acceptors (Lipinski definition) is 4. The van der Waals surface area contributed by atoms with Gasteiger partial charge in [-0.25, -0.2) is 9.97 Å². The van der Waals surface area contributed by atoms with Gasteiger partial charge in [0.15, 0.2) is 0 Å². The van der Waals surface area contributed by atoms with Crippen molar-refractivity contribution in [2.45, 2.75) is 45.6 Å². The molecule has 23 heavy (non-hydrogen) atoms. The number of aryl methyl sites for hydroxylation is 2. The van der Waals surface area contributed by atoms with Crippen LogP contribution in [0.3, 0.4) is 0 Å². The lowest BCUT2D eigenvalue weighted by molar-refractivity contribution is 0.0933. The largest absolute Gasteiger partial charge is 0.348 e. The highest BCUT2D eigenvalue weighted by Gasteiger charge is 2.19. The molecule has 0 aliphatic heterocycles. The second-order valence-electron chi connectivity index (χ2n) is 6.16. The molecule has 1 saturated carbocycles. The molecule has 1 aromatic carbocycles. The van der Waals surface area contributed by atoms with Crippen LogP contribution in [0.25, 0.3) is 0 Å². The number of hydrogen-bond donors (Lipinski definition) is 2. The van der Waals surface area contributed by atoms with Crippen molar-refractivity contribution in [3.8, 4) is 0 Å². The van der Waals surface area contributed by atoms with Crippen molar-refractivity contribution < 1.29 is 4.79 Å². The second-order valence-corrected chi connectivity index (χ2v) is 6.16. The van der Waals surface area contributed by atoms with Gasteiger partial charge in [0.25, 0.3) is 5.91 Å². The van der Waals surface area contributed by atoms with Crippen LogP contribution in [-0.4, -0.2) is 21.9 Å². The Morgan fingerprint density at radius 3 is 2.74 bits per heavy atom. The van der Waals surface area contributed by atoms with E-state index in [0.717, 1.165) is 29.7 Å². The minimum absolute atomic E-state index is 0.122. The summed E-state index contributed by atoms with van der Waals surface area (Å²) >= 11 is 0. The first kappa shape index (κ1) is 15.5. The maximum Gasteiger partial charge on any atom is 0.270 e. The predicted octanol–water partition coefficient (Wildman–Crippen LogP) is 3.51. The van der Waals surface area contributed by atoms with Gasteiger partial charge in [-0.2, -0.15) is 0 Å². The van der Waals surface area contributed by atoms with Crippen molar-refractivity contribution in [2.24, 2.45) is 0 Å². The molecule has 0 radical (unpaired) electrons. The molecule has 0 unspecified atom stereocenters. The zero-order chi connectivity index (χ0) is 16.2. The Hall–Kier alpha value is -2.43. The van der Waals surface area contributed by atoms with E-state index >= 15 is 0 Å². The van der Waals surface area contributed by atoms with E-state index in [1.807, 2.05) is 26.0 Å². The zero-order valence-electron chi connectivity index (χ0n) is 13.6. The predicted molar refractivity (Wildman–Crippen MR) is 91.0 cm³/mol. The minimum Gasteiger partial charge on any atom is -0.348 e. The molecule has 1 amide bonds. The van der Waals surface area contributed by atoms with E-state index in [1.165, 1.54) is 12.8 Å². The molecule has 0 atom stereocenters. The first-order chi connectivity index (χ1) is 11.1. The van der Waals surface area contributed by atoms with E-state index in [2.05, 4.69) is 26.7 Å². The molecule has 120 valence electrons. The summed E-state index contributed by atoms with van der Waals surface area (Å²) < 4.78 is 0. The molecule has 0 saturated heterocycles. The van der Waals surface area contributed by atoms with Gasteiger partial charge in [-0.1, -0.05) is 25.0 Å². The van der Waals surface area contributed by atoms with Gasteiger partial charge in [-0.15, -0.1) is 0 Å². The third kappa shape index (κ3) is 3.86. The number of nitrogens with one attached hydrogen (secondary N) is 2. The average Bonchev–Trinajstić information content (AvgIpc) is 3.04. The molecular formula is C18H22N4O. The van der Waals surface area contributed by atoms with Gasteiger partial charge in [0, 0.05) is 17.9 Å². The Balaban J connectivity index is 1.74. The summed E-state index contributed by atoms with van der Waals surface area (Å²) in [6.45, 7) is 4.06. The lowest BCUT2D eigenvalue weighted by Crippen LogP contribution is -2.33. The number of aromatic nitrogens is 2. The monoisotopic (exact) mass is 310 g/mol. The molecule has 1 aromatic heterocycles. The van der Waals surface area contributed by atoms with Crippen molar-refractivity contribution in [3.05, 3.63) is 47.3 Å². The zero-order valence-corrected chi connectivity index (χ0v) is 13.6. The van der Waals surface area contributed by atoms with Crippen molar-refractivity contribution in [1.82, 2.24) is 15.3 Å². The summed E-state index contributed by atoms with van der Waals surface area (Å²) in [5.41, 5.74) is 3.63. The first-order valence-electron chi connectivity index (χ1n) is 8.10. The van der Waals surface area contributed by atoms with E-state index in [4.69, 9.17) is 0 Å². The maximum atomic E-state index is 12.3. The summed E-state index contributed by atoms with van der Waals surface area (Å²) in [4.78, 5) is 20.9. The molecule has 2 aromatic rings. The van der Waals surface area contributed by atoms with E-state index in [1.54, 1.807) is 12.3 Å². The number of nitrogens with zero attached hydrogens (tertiary/aromatic N) is 2. The van der Waals surface area contributed by atoms with Crippen LogP contribution in [0.15, 0.2) is 30.5 Å². The van der Waals surface area contributed by atoms with Gasteiger partial charge < -0.3 is 10.6 Å². The highest BCUT2D eigenvalue weighted by atomic mass is 16.1. The van der Waals surface area contributed by atoms with Crippen molar-refractivity contribution in [2.75, 3.05) is 5.32 Å². The van der Waals surface area contributed by atoms with Crippen LogP contribution < -0.4 is 10.6 Å². The van der Waals surface area contributed by atoms with E-state index in [-0.39, 0.29) is 11.9 Å². The number of benzene rings is 1. The van der Waals surface area contributed by atoms with E-state index < -0.39 is 0 Å². The minimum atomic E-state index is -0.122. The lowest BCUT2D eigenvalue weighted by Gasteiger charge is -2.12. The standard InChI is InChI=1S/C18H22N4O/c1-12-7-8-13(2)16(11-12)22-18-19-10-9-15(21-18)17(23)20-14-5-3-4-6-14/h7-11,14H,3-6H2,1-2H3,(H,20,23)(H,19,21,22). The van der Waals surface area contributed by atoms with Crippen LogP contribution >= 0.6 is 0 Å². The van der Waals surface area contributed by atoms with Crippen LogP contribution in [0.2, 0.25) is 0 Å². The molecule has 1 fully saturated rings. The molecule has 1 aliphatic rings. The molecule has 5 heteroatoms. The summed E-state index contributed by atoms with van der Waals surface area (Å²) in [6.07, 6.45) is 6.11. The Bertz CT molecular complexity index is 708. The summed E-state index contributed by atoms with van der Waals surface area (Å²) in [7, 11) is 0. The fourth-order valence-corrected chi connectivity index (χ4v) is 2.87. The lowest BCUT2D eigenvalue weighted by atomic mass is 10.1. The summed E-state index contributed by atoms with van der Waals surface area (Å²) in [5.74, 6) is 0.320. The van der Waals surface area contributed by atoms with Crippen molar-refractivity contribution >= 4 is 17.5 Å².